The van der Waals surface area contributed by atoms with Crippen LogP contribution in [0.15, 0.2) is 18.2 Å². The Morgan fingerprint density at radius 3 is 2.13 bits per heavy atom. The number of ketones is 2. The summed E-state index contributed by atoms with van der Waals surface area (Å²) in [6.07, 6.45) is 0. The summed E-state index contributed by atoms with van der Waals surface area (Å²) in [6, 6.07) is 4.36. The van der Waals surface area contributed by atoms with Gasteiger partial charge in [0.05, 0.1) is 5.69 Å². The lowest BCUT2D eigenvalue weighted by Gasteiger charge is -2.12. The number of H-pyrrole nitrogens is 1. The van der Waals surface area contributed by atoms with E-state index in [4.69, 9.17) is 4.74 Å². The van der Waals surface area contributed by atoms with Gasteiger partial charge in [0.2, 0.25) is 17.6 Å². The Kier molecular flexibility index (Phi) is 6.89. The van der Waals surface area contributed by atoms with Crippen molar-refractivity contribution in [2.45, 2.75) is 34.6 Å². The molecule has 0 spiro atoms. The first-order valence-corrected chi connectivity index (χ1v) is 9.11. The van der Waals surface area contributed by atoms with Crippen molar-refractivity contribution in [3.63, 3.8) is 0 Å². The minimum atomic E-state index is -0.771. The molecule has 1 aromatic carbocycles. The summed E-state index contributed by atoms with van der Waals surface area (Å²) in [7, 11) is 0. The second-order valence-electron chi connectivity index (χ2n) is 6.80. The third kappa shape index (κ3) is 5.19. The first-order chi connectivity index (χ1) is 14.0. The molecule has 0 bridgehead atoms. The molecule has 1 aromatic heterocycles. The van der Waals surface area contributed by atoms with E-state index in [1.807, 2.05) is 0 Å². The number of aromatic amines is 1. The molecule has 0 aliphatic rings. The van der Waals surface area contributed by atoms with Gasteiger partial charge in [-0.3, -0.25) is 19.2 Å². The summed E-state index contributed by atoms with van der Waals surface area (Å²) in [5.41, 5.74) is 2.21. The number of aryl methyl sites for hydroxylation is 1. The Morgan fingerprint density at radius 2 is 1.60 bits per heavy atom. The van der Waals surface area contributed by atoms with Crippen molar-refractivity contribution in [1.29, 1.82) is 0 Å². The molecule has 30 heavy (non-hydrogen) atoms. The molecular weight excluding hydrogens is 390 g/mol. The number of ether oxygens (including phenoxy) is 1. The average Bonchev–Trinajstić information content (AvgIpc) is 2.93. The molecule has 2 aromatic rings. The SMILES string of the molecule is CC(=O)Nc1ccc(C(=O)COC(=O)c2[nH]c(C)c(C(C)=O)c2C)c(NC(C)=O)c1. The average molecular weight is 413 g/mol. The van der Waals surface area contributed by atoms with E-state index in [1.165, 1.54) is 39.0 Å². The fourth-order valence-electron chi connectivity index (χ4n) is 3.12. The third-order valence-electron chi connectivity index (χ3n) is 4.28. The van der Waals surface area contributed by atoms with Crippen LogP contribution in [0.5, 0.6) is 0 Å². The van der Waals surface area contributed by atoms with E-state index in [2.05, 4.69) is 15.6 Å². The standard InChI is InChI=1S/C21H23N3O6/c1-10-19(12(3)25)11(2)22-20(10)21(29)30-9-18(28)16-7-6-15(23-13(4)26)8-17(16)24-14(5)27/h6-8,22H,9H2,1-5H3,(H,23,26)(H,24,27). The molecule has 158 valence electrons. The first kappa shape index (κ1) is 22.5. The molecule has 3 N–H and O–H groups in total. The molecule has 9 nitrogen and oxygen atoms in total. The summed E-state index contributed by atoms with van der Waals surface area (Å²) in [4.78, 5) is 62.2. The van der Waals surface area contributed by atoms with Crippen LogP contribution in [0.1, 0.15) is 63.2 Å². The van der Waals surface area contributed by atoms with Gasteiger partial charge in [0, 0.05) is 36.4 Å². The molecule has 0 unspecified atom stereocenters. The Bertz CT molecular complexity index is 1050. The highest BCUT2D eigenvalue weighted by atomic mass is 16.5. The van der Waals surface area contributed by atoms with Crippen molar-refractivity contribution in [1.82, 2.24) is 4.98 Å². The zero-order chi connectivity index (χ0) is 22.6. The van der Waals surface area contributed by atoms with Gasteiger partial charge in [0.15, 0.2) is 12.4 Å². The minimum absolute atomic E-state index is 0.105. The van der Waals surface area contributed by atoms with Crippen molar-refractivity contribution < 1.29 is 28.7 Å². The number of Topliss-reactive ketones (excluding diaryl/α,β-unsaturated/α-hetero) is 2. The largest absolute Gasteiger partial charge is 0.453 e. The van der Waals surface area contributed by atoms with Crippen LogP contribution in [-0.2, 0) is 14.3 Å². The molecule has 1 heterocycles. The summed E-state index contributed by atoms with van der Waals surface area (Å²) in [5.74, 6) is -2.22. The Labute approximate surface area is 173 Å². The van der Waals surface area contributed by atoms with Crippen LogP contribution in [0.4, 0.5) is 11.4 Å². The smallest absolute Gasteiger partial charge is 0.355 e. The van der Waals surface area contributed by atoms with Crippen molar-refractivity contribution in [3.05, 3.63) is 46.3 Å². The van der Waals surface area contributed by atoms with Gasteiger partial charge in [-0.1, -0.05) is 0 Å². The Balaban J connectivity index is 2.20. The molecule has 9 heteroatoms. The number of aromatic nitrogens is 1. The van der Waals surface area contributed by atoms with Crippen LogP contribution in [0.3, 0.4) is 0 Å². The number of rotatable bonds is 7. The van der Waals surface area contributed by atoms with Gasteiger partial charge in [-0.15, -0.1) is 0 Å². The molecule has 2 rings (SSSR count). The molecule has 0 atom stereocenters. The number of benzene rings is 1. The van der Waals surface area contributed by atoms with Gasteiger partial charge in [0.25, 0.3) is 0 Å². The molecule has 0 saturated heterocycles. The van der Waals surface area contributed by atoms with E-state index in [0.29, 0.717) is 22.5 Å². The lowest BCUT2D eigenvalue weighted by Crippen LogP contribution is -2.18. The lowest BCUT2D eigenvalue weighted by molar-refractivity contribution is -0.115. The fourth-order valence-corrected chi connectivity index (χ4v) is 3.12. The maximum absolute atomic E-state index is 12.6. The lowest BCUT2D eigenvalue weighted by atomic mass is 10.1. The number of esters is 1. The molecule has 0 fully saturated rings. The van der Waals surface area contributed by atoms with Crippen LogP contribution < -0.4 is 10.6 Å². The van der Waals surface area contributed by atoms with E-state index in [9.17, 15) is 24.0 Å². The number of hydrogen-bond donors (Lipinski definition) is 3. The van der Waals surface area contributed by atoms with E-state index in [1.54, 1.807) is 13.8 Å². The van der Waals surface area contributed by atoms with Gasteiger partial charge < -0.3 is 20.4 Å². The van der Waals surface area contributed by atoms with Gasteiger partial charge >= 0.3 is 5.97 Å². The quantitative estimate of drug-likeness (QED) is 0.472. The number of hydrogen-bond acceptors (Lipinski definition) is 6. The second kappa shape index (κ2) is 9.17. The summed E-state index contributed by atoms with van der Waals surface area (Å²) >= 11 is 0. The van der Waals surface area contributed by atoms with Crippen molar-refractivity contribution >= 4 is 40.7 Å². The zero-order valence-corrected chi connectivity index (χ0v) is 17.4. The topological polar surface area (TPSA) is 134 Å². The Morgan fingerprint density at radius 1 is 0.967 bits per heavy atom. The number of anilines is 2. The molecule has 0 radical (unpaired) electrons. The van der Waals surface area contributed by atoms with E-state index < -0.39 is 24.3 Å². The zero-order valence-electron chi connectivity index (χ0n) is 17.4. The maximum Gasteiger partial charge on any atom is 0.355 e. The van der Waals surface area contributed by atoms with E-state index >= 15 is 0 Å². The highest BCUT2D eigenvalue weighted by Gasteiger charge is 2.22. The first-order valence-electron chi connectivity index (χ1n) is 9.11. The molecule has 0 aliphatic heterocycles. The number of carbonyl (C=O) groups excluding carboxylic acids is 5. The summed E-state index contributed by atoms with van der Waals surface area (Å²) < 4.78 is 5.11. The van der Waals surface area contributed by atoms with Crippen molar-refractivity contribution in [3.8, 4) is 0 Å². The predicted molar refractivity (Wildman–Crippen MR) is 110 cm³/mol. The third-order valence-corrected chi connectivity index (χ3v) is 4.28. The molecular formula is C21H23N3O6. The Hall–Kier alpha value is -3.75. The van der Waals surface area contributed by atoms with Crippen LogP contribution in [0, 0.1) is 13.8 Å². The summed E-state index contributed by atoms with van der Waals surface area (Å²) in [5, 5.41) is 5.09. The number of carbonyl (C=O) groups is 5. The molecule has 0 aliphatic carbocycles. The van der Waals surface area contributed by atoms with Crippen LogP contribution in [-0.4, -0.2) is 40.9 Å². The predicted octanol–water partition coefficient (Wildman–Crippen LogP) is 2.79. The molecule has 0 saturated carbocycles. The number of amides is 2. The fraction of sp³-hybridized carbons (Fsp3) is 0.286. The molecule has 2 amide bonds. The normalized spacial score (nSPS) is 10.3. The van der Waals surface area contributed by atoms with Gasteiger partial charge in [-0.05, 0) is 44.5 Å². The van der Waals surface area contributed by atoms with E-state index in [0.717, 1.165) is 0 Å². The van der Waals surface area contributed by atoms with Gasteiger partial charge in [-0.2, -0.15) is 0 Å². The van der Waals surface area contributed by atoms with Gasteiger partial charge in [0.1, 0.15) is 5.69 Å². The van der Waals surface area contributed by atoms with E-state index in [-0.39, 0.29) is 28.6 Å². The highest BCUT2D eigenvalue weighted by Crippen LogP contribution is 2.23. The monoisotopic (exact) mass is 413 g/mol. The van der Waals surface area contributed by atoms with Crippen molar-refractivity contribution in [2.24, 2.45) is 0 Å². The second-order valence-corrected chi connectivity index (χ2v) is 6.80. The minimum Gasteiger partial charge on any atom is -0.453 e. The van der Waals surface area contributed by atoms with Crippen LogP contribution in [0.2, 0.25) is 0 Å². The summed E-state index contributed by atoms with van der Waals surface area (Å²) in [6.45, 7) is 6.73. The number of nitrogens with one attached hydrogen (secondary N) is 3. The van der Waals surface area contributed by atoms with Crippen LogP contribution >= 0.6 is 0 Å². The highest BCUT2D eigenvalue weighted by molar-refractivity contribution is 6.07. The maximum atomic E-state index is 12.6. The van der Waals surface area contributed by atoms with Gasteiger partial charge in [-0.25, -0.2) is 4.79 Å². The van der Waals surface area contributed by atoms with Crippen LogP contribution in [0.25, 0.3) is 0 Å². The van der Waals surface area contributed by atoms with Crippen molar-refractivity contribution in [2.75, 3.05) is 17.2 Å².